The maximum Gasteiger partial charge on any atom is 0.205 e. The molecule has 0 aliphatic heterocycles. The van der Waals surface area contributed by atoms with E-state index in [1.54, 1.807) is 0 Å². The average molecular weight is 279 g/mol. The molecule has 0 radical (unpaired) electrons. The monoisotopic (exact) mass is 279 g/mol. The van der Waals surface area contributed by atoms with Crippen molar-refractivity contribution in [1.82, 2.24) is 20.2 Å². The average Bonchev–Trinajstić information content (AvgIpc) is 3.05. The molecule has 3 aromatic rings. The molecule has 1 unspecified atom stereocenters. The first-order valence-electron chi connectivity index (χ1n) is 6.99. The molecular weight excluding hydrogens is 262 g/mol. The summed E-state index contributed by atoms with van der Waals surface area (Å²) in [6.07, 6.45) is 0.916. The van der Waals surface area contributed by atoms with Gasteiger partial charge in [0, 0.05) is 11.6 Å². The van der Waals surface area contributed by atoms with Crippen LogP contribution in [0, 0.1) is 0 Å². The van der Waals surface area contributed by atoms with E-state index in [-0.39, 0.29) is 6.04 Å². The number of hydrogen-bond acceptors (Lipinski definition) is 4. The number of nitrogens with zero attached hydrogens (tertiary/aromatic N) is 4. The second-order valence-electron chi connectivity index (χ2n) is 4.87. The first kappa shape index (κ1) is 13.5. The molecule has 0 aliphatic rings. The molecule has 1 aromatic heterocycles. The van der Waals surface area contributed by atoms with Crippen LogP contribution in [0.25, 0.3) is 17.1 Å². The topological polar surface area (TPSA) is 69.6 Å². The predicted octanol–water partition coefficient (Wildman–Crippen LogP) is 2.74. The van der Waals surface area contributed by atoms with Crippen LogP contribution in [0.4, 0.5) is 0 Å². The van der Waals surface area contributed by atoms with Crippen LogP contribution in [-0.2, 0) is 0 Å². The Morgan fingerprint density at radius 2 is 1.76 bits per heavy atom. The van der Waals surface area contributed by atoms with Crippen LogP contribution < -0.4 is 5.73 Å². The molecule has 0 spiro atoms. The number of nitrogens with two attached hydrogens (primary N) is 1. The van der Waals surface area contributed by atoms with Gasteiger partial charge in [-0.1, -0.05) is 49.4 Å². The van der Waals surface area contributed by atoms with E-state index < -0.39 is 0 Å². The molecule has 2 aromatic carbocycles. The second-order valence-corrected chi connectivity index (χ2v) is 4.87. The number of rotatable bonds is 4. The van der Waals surface area contributed by atoms with Crippen LogP contribution in [-0.4, -0.2) is 20.2 Å². The lowest BCUT2D eigenvalue weighted by atomic mass is 10.1. The first-order chi connectivity index (χ1) is 10.3. The van der Waals surface area contributed by atoms with E-state index in [9.17, 15) is 0 Å². The van der Waals surface area contributed by atoms with Crippen molar-refractivity contribution in [2.45, 2.75) is 19.4 Å². The van der Waals surface area contributed by atoms with Crippen LogP contribution in [0.2, 0.25) is 0 Å². The molecule has 2 N–H and O–H groups in total. The molecule has 0 amide bonds. The summed E-state index contributed by atoms with van der Waals surface area (Å²) in [6.45, 7) is 2.07. The molecular formula is C16H17N5. The Kier molecular flexibility index (Phi) is 3.75. The summed E-state index contributed by atoms with van der Waals surface area (Å²) in [7, 11) is 0. The number of aromatic nitrogens is 4. The molecule has 5 heteroatoms. The van der Waals surface area contributed by atoms with Crippen molar-refractivity contribution in [3.63, 3.8) is 0 Å². The van der Waals surface area contributed by atoms with E-state index >= 15 is 0 Å². The van der Waals surface area contributed by atoms with E-state index in [0.717, 1.165) is 23.2 Å². The Labute approximate surface area is 123 Å². The van der Waals surface area contributed by atoms with Gasteiger partial charge >= 0.3 is 0 Å². The first-order valence-corrected chi connectivity index (χ1v) is 6.99. The van der Waals surface area contributed by atoms with E-state index in [4.69, 9.17) is 5.73 Å². The van der Waals surface area contributed by atoms with Crippen LogP contribution in [0.1, 0.15) is 24.9 Å². The van der Waals surface area contributed by atoms with Gasteiger partial charge in [0.25, 0.3) is 0 Å². The van der Waals surface area contributed by atoms with Crippen molar-refractivity contribution in [2.75, 3.05) is 0 Å². The number of benzene rings is 2. The molecule has 106 valence electrons. The van der Waals surface area contributed by atoms with Crippen LogP contribution in [0.15, 0.2) is 54.6 Å². The smallest absolute Gasteiger partial charge is 0.205 e. The molecule has 0 fully saturated rings. The maximum atomic E-state index is 6.01. The summed E-state index contributed by atoms with van der Waals surface area (Å²) < 4.78 is 0. The van der Waals surface area contributed by atoms with Gasteiger partial charge in [0.15, 0.2) is 0 Å². The molecule has 0 aliphatic carbocycles. The maximum absolute atomic E-state index is 6.01. The van der Waals surface area contributed by atoms with Gasteiger partial charge in [-0.15, -0.1) is 15.0 Å². The lowest BCUT2D eigenvalue weighted by molar-refractivity contribution is 0.693. The summed E-state index contributed by atoms with van der Waals surface area (Å²) in [4.78, 5) is 1.53. The predicted molar refractivity (Wildman–Crippen MR) is 81.8 cm³/mol. The minimum atomic E-state index is 0.0719. The summed E-state index contributed by atoms with van der Waals surface area (Å²) in [5.41, 5.74) is 8.95. The fourth-order valence-electron chi connectivity index (χ4n) is 2.12. The van der Waals surface area contributed by atoms with Crippen molar-refractivity contribution >= 4 is 0 Å². The zero-order valence-electron chi connectivity index (χ0n) is 11.8. The summed E-state index contributed by atoms with van der Waals surface area (Å²) in [6, 6.07) is 17.8. The minimum Gasteiger partial charge on any atom is -0.324 e. The molecule has 0 saturated heterocycles. The highest BCUT2D eigenvalue weighted by atomic mass is 15.6. The molecule has 3 rings (SSSR count). The summed E-state index contributed by atoms with van der Waals surface area (Å²) in [5, 5.41) is 12.6. The second kappa shape index (κ2) is 5.85. The molecule has 1 heterocycles. The minimum absolute atomic E-state index is 0.0719. The van der Waals surface area contributed by atoms with Gasteiger partial charge in [-0.2, -0.15) is 0 Å². The van der Waals surface area contributed by atoms with Crippen LogP contribution >= 0.6 is 0 Å². The molecule has 5 nitrogen and oxygen atoms in total. The lowest BCUT2D eigenvalue weighted by Crippen LogP contribution is -2.08. The van der Waals surface area contributed by atoms with Crippen molar-refractivity contribution in [2.24, 2.45) is 5.73 Å². The van der Waals surface area contributed by atoms with Gasteiger partial charge in [0.05, 0.1) is 5.69 Å². The third kappa shape index (κ3) is 2.83. The zero-order chi connectivity index (χ0) is 14.7. The van der Waals surface area contributed by atoms with Gasteiger partial charge < -0.3 is 5.73 Å². The number of hydrogen-bond donors (Lipinski definition) is 1. The molecule has 21 heavy (non-hydrogen) atoms. The lowest BCUT2D eigenvalue weighted by Gasteiger charge is -2.09. The zero-order valence-corrected chi connectivity index (χ0v) is 11.8. The van der Waals surface area contributed by atoms with E-state index in [1.165, 1.54) is 4.80 Å². The van der Waals surface area contributed by atoms with E-state index in [1.807, 2.05) is 54.6 Å². The quantitative estimate of drug-likeness (QED) is 0.797. The van der Waals surface area contributed by atoms with Gasteiger partial charge in [0.1, 0.15) is 0 Å². The third-order valence-corrected chi connectivity index (χ3v) is 3.44. The van der Waals surface area contributed by atoms with Gasteiger partial charge in [-0.05, 0) is 29.3 Å². The molecule has 0 bridgehead atoms. The highest BCUT2D eigenvalue weighted by Crippen LogP contribution is 2.17. The van der Waals surface area contributed by atoms with Gasteiger partial charge in [-0.3, -0.25) is 0 Å². The number of tetrazole rings is 1. The van der Waals surface area contributed by atoms with Crippen molar-refractivity contribution in [1.29, 1.82) is 0 Å². The Morgan fingerprint density at radius 1 is 1.05 bits per heavy atom. The van der Waals surface area contributed by atoms with Crippen molar-refractivity contribution in [3.8, 4) is 17.1 Å². The summed E-state index contributed by atoms with van der Waals surface area (Å²) in [5.74, 6) is 0.616. The Bertz CT molecular complexity index is 703. The largest absolute Gasteiger partial charge is 0.324 e. The highest BCUT2D eigenvalue weighted by Gasteiger charge is 2.08. The Balaban J connectivity index is 1.86. The standard InChI is InChI=1S/C16H17N5/c1-2-15(17)12-8-10-14(11-9-12)21-19-16(18-20-21)13-6-4-3-5-7-13/h3-11,15H,2,17H2,1H3. The van der Waals surface area contributed by atoms with Crippen molar-refractivity contribution < 1.29 is 0 Å². The highest BCUT2D eigenvalue weighted by molar-refractivity contribution is 5.53. The fourth-order valence-corrected chi connectivity index (χ4v) is 2.12. The van der Waals surface area contributed by atoms with Gasteiger partial charge in [-0.25, -0.2) is 0 Å². The molecule has 0 saturated carbocycles. The fraction of sp³-hybridized carbons (Fsp3) is 0.188. The van der Waals surface area contributed by atoms with Crippen molar-refractivity contribution in [3.05, 3.63) is 60.2 Å². The Morgan fingerprint density at radius 3 is 2.43 bits per heavy atom. The van der Waals surface area contributed by atoms with E-state index in [0.29, 0.717) is 5.82 Å². The van der Waals surface area contributed by atoms with E-state index in [2.05, 4.69) is 22.3 Å². The normalized spacial score (nSPS) is 12.3. The van der Waals surface area contributed by atoms with Crippen LogP contribution in [0.5, 0.6) is 0 Å². The SMILES string of the molecule is CCC(N)c1ccc(-n2nnc(-c3ccccc3)n2)cc1. The molecule has 1 atom stereocenters. The van der Waals surface area contributed by atoms with Crippen LogP contribution in [0.3, 0.4) is 0 Å². The third-order valence-electron chi connectivity index (χ3n) is 3.44. The van der Waals surface area contributed by atoms with Gasteiger partial charge in [0.2, 0.25) is 5.82 Å². The Hall–Kier alpha value is -2.53. The summed E-state index contributed by atoms with van der Waals surface area (Å²) >= 11 is 0.